The van der Waals surface area contributed by atoms with E-state index in [1.54, 1.807) is 0 Å². The van der Waals surface area contributed by atoms with Crippen LogP contribution in [0.4, 0.5) is 5.69 Å². The van der Waals surface area contributed by atoms with Crippen molar-refractivity contribution in [1.82, 2.24) is 10.3 Å². The van der Waals surface area contributed by atoms with Crippen molar-refractivity contribution in [2.75, 3.05) is 18.5 Å². The fourth-order valence-corrected chi connectivity index (χ4v) is 2.21. The molecule has 0 aliphatic heterocycles. The van der Waals surface area contributed by atoms with Crippen molar-refractivity contribution in [3.05, 3.63) is 23.5 Å². The summed E-state index contributed by atoms with van der Waals surface area (Å²) in [6, 6.07) is 2.21. The highest BCUT2D eigenvalue weighted by atomic mass is 15.1. The Bertz CT molecular complexity index is 430. The normalized spacial score (nSPS) is 15.6. The third-order valence-corrected chi connectivity index (χ3v) is 3.55. The number of nitrogens with zero attached hydrogens (tertiary/aromatic N) is 2. The predicted octanol–water partition coefficient (Wildman–Crippen LogP) is 3.12. The lowest BCUT2D eigenvalue weighted by Gasteiger charge is -2.25. The molecule has 0 radical (unpaired) electrons. The molecule has 0 spiro atoms. The largest absolute Gasteiger partial charge is 0.374 e. The SMILES string of the molecule is Cc1cc(N(C)CC2CC2)c(CNC(C)(C)C)cn1. The van der Waals surface area contributed by atoms with E-state index < -0.39 is 0 Å². The van der Waals surface area contributed by atoms with E-state index >= 15 is 0 Å². The standard InChI is InChI=1S/C16H27N3/c1-12-8-15(19(5)11-13-6-7-13)14(9-17-12)10-18-16(2,3)4/h8-9,13,18H,6-7,10-11H2,1-5H3. The molecule has 1 fully saturated rings. The summed E-state index contributed by atoms with van der Waals surface area (Å²) >= 11 is 0. The molecule has 1 aromatic rings. The molecule has 0 aromatic carbocycles. The second-order valence-corrected chi connectivity index (χ2v) is 6.88. The molecule has 3 heteroatoms. The van der Waals surface area contributed by atoms with Gasteiger partial charge in [0.05, 0.1) is 0 Å². The summed E-state index contributed by atoms with van der Waals surface area (Å²) in [6.45, 7) is 10.7. The van der Waals surface area contributed by atoms with Gasteiger partial charge in [-0.05, 0) is 52.5 Å². The molecule has 2 rings (SSSR count). The van der Waals surface area contributed by atoms with Gasteiger partial charge in [0.25, 0.3) is 0 Å². The fourth-order valence-electron chi connectivity index (χ4n) is 2.21. The minimum atomic E-state index is 0.136. The molecule has 0 amide bonds. The number of pyridine rings is 1. The van der Waals surface area contributed by atoms with Gasteiger partial charge in [-0.25, -0.2) is 0 Å². The molecule has 0 bridgehead atoms. The molecule has 19 heavy (non-hydrogen) atoms. The van der Waals surface area contributed by atoms with Gasteiger partial charge in [-0.3, -0.25) is 4.98 Å². The van der Waals surface area contributed by atoms with Crippen LogP contribution in [0.1, 0.15) is 44.9 Å². The predicted molar refractivity (Wildman–Crippen MR) is 81.6 cm³/mol. The van der Waals surface area contributed by atoms with Crippen molar-refractivity contribution in [2.45, 2.75) is 52.6 Å². The summed E-state index contributed by atoms with van der Waals surface area (Å²) in [4.78, 5) is 6.85. The fraction of sp³-hybridized carbons (Fsp3) is 0.688. The third-order valence-electron chi connectivity index (χ3n) is 3.55. The zero-order valence-electron chi connectivity index (χ0n) is 13.0. The first-order valence-corrected chi connectivity index (χ1v) is 7.27. The van der Waals surface area contributed by atoms with Gasteiger partial charge in [-0.2, -0.15) is 0 Å². The van der Waals surface area contributed by atoms with Crippen LogP contribution in [-0.4, -0.2) is 24.1 Å². The molecule has 1 aliphatic rings. The first-order chi connectivity index (χ1) is 8.85. The molecular formula is C16H27N3. The molecule has 1 aliphatic carbocycles. The van der Waals surface area contributed by atoms with E-state index in [1.807, 2.05) is 6.20 Å². The van der Waals surface area contributed by atoms with E-state index in [4.69, 9.17) is 0 Å². The van der Waals surface area contributed by atoms with Crippen LogP contribution in [0.2, 0.25) is 0 Å². The van der Waals surface area contributed by atoms with Crippen LogP contribution >= 0.6 is 0 Å². The number of nitrogens with one attached hydrogen (secondary N) is 1. The molecular weight excluding hydrogens is 234 g/mol. The molecule has 3 nitrogen and oxygen atoms in total. The summed E-state index contributed by atoms with van der Waals surface area (Å²) in [7, 11) is 2.20. The zero-order valence-corrected chi connectivity index (χ0v) is 13.0. The Hall–Kier alpha value is -1.09. The summed E-state index contributed by atoms with van der Waals surface area (Å²) < 4.78 is 0. The molecule has 0 unspecified atom stereocenters. The van der Waals surface area contributed by atoms with Crippen LogP contribution in [0.5, 0.6) is 0 Å². The maximum absolute atomic E-state index is 4.45. The van der Waals surface area contributed by atoms with Crippen molar-refractivity contribution in [2.24, 2.45) is 5.92 Å². The van der Waals surface area contributed by atoms with Gasteiger partial charge in [0.1, 0.15) is 0 Å². The summed E-state index contributed by atoms with van der Waals surface area (Å²) in [5.41, 5.74) is 3.86. The minimum Gasteiger partial charge on any atom is -0.374 e. The highest BCUT2D eigenvalue weighted by Crippen LogP contribution is 2.31. The summed E-state index contributed by atoms with van der Waals surface area (Å²) in [5.74, 6) is 0.905. The molecule has 1 heterocycles. The van der Waals surface area contributed by atoms with Gasteiger partial charge in [0, 0.05) is 48.8 Å². The molecule has 106 valence electrons. The number of rotatable bonds is 5. The van der Waals surface area contributed by atoms with Gasteiger partial charge >= 0.3 is 0 Å². The van der Waals surface area contributed by atoms with E-state index in [-0.39, 0.29) is 5.54 Å². The van der Waals surface area contributed by atoms with Crippen LogP contribution in [0.15, 0.2) is 12.3 Å². The molecule has 0 atom stereocenters. The minimum absolute atomic E-state index is 0.136. The lowest BCUT2D eigenvalue weighted by molar-refractivity contribution is 0.424. The molecule has 1 N–H and O–H groups in total. The van der Waals surface area contributed by atoms with E-state index in [9.17, 15) is 0 Å². The average Bonchev–Trinajstić information content (AvgIpc) is 3.10. The zero-order chi connectivity index (χ0) is 14.0. The average molecular weight is 261 g/mol. The first kappa shape index (κ1) is 14.3. The highest BCUT2D eigenvalue weighted by Gasteiger charge is 2.24. The Balaban J connectivity index is 2.11. The number of anilines is 1. The monoisotopic (exact) mass is 261 g/mol. The van der Waals surface area contributed by atoms with Gasteiger partial charge in [0.2, 0.25) is 0 Å². The third kappa shape index (κ3) is 4.50. The number of aromatic nitrogens is 1. The van der Waals surface area contributed by atoms with Crippen LogP contribution in [-0.2, 0) is 6.54 Å². The lowest BCUT2D eigenvalue weighted by Crippen LogP contribution is -2.35. The number of aryl methyl sites for hydroxylation is 1. The molecule has 1 aromatic heterocycles. The Morgan fingerprint density at radius 1 is 1.37 bits per heavy atom. The van der Waals surface area contributed by atoms with Crippen molar-refractivity contribution in [1.29, 1.82) is 0 Å². The smallest absolute Gasteiger partial charge is 0.0443 e. The van der Waals surface area contributed by atoms with Crippen LogP contribution < -0.4 is 10.2 Å². The second-order valence-electron chi connectivity index (χ2n) is 6.88. The Morgan fingerprint density at radius 3 is 2.63 bits per heavy atom. The van der Waals surface area contributed by atoms with Crippen LogP contribution in [0.3, 0.4) is 0 Å². The number of hydrogen-bond donors (Lipinski definition) is 1. The summed E-state index contributed by atoms with van der Waals surface area (Å²) in [5, 5.41) is 3.56. The molecule has 1 saturated carbocycles. The Labute approximate surface area is 117 Å². The van der Waals surface area contributed by atoms with Crippen molar-refractivity contribution < 1.29 is 0 Å². The van der Waals surface area contributed by atoms with E-state index in [2.05, 4.69) is 56.0 Å². The molecule has 0 saturated heterocycles. The quantitative estimate of drug-likeness (QED) is 0.882. The number of hydrogen-bond acceptors (Lipinski definition) is 3. The van der Waals surface area contributed by atoms with E-state index in [0.717, 1.165) is 18.2 Å². The van der Waals surface area contributed by atoms with E-state index in [1.165, 1.54) is 30.6 Å². The van der Waals surface area contributed by atoms with Gasteiger partial charge in [-0.15, -0.1) is 0 Å². The van der Waals surface area contributed by atoms with Gasteiger partial charge in [-0.1, -0.05) is 0 Å². The van der Waals surface area contributed by atoms with Crippen LogP contribution in [0.25, 0.3) is 0 Å². The van der Waals surface area contributed by atoms with Gasteiger partial charge in [0.15, 0.2) is 0 Å². The van der Waals surface area contributed by atoms with Gasteiger partial charge < -0.3 is 10.2 Å². The van der Waals surface area contributed by atoms with Crippen molar-refractivity contribution in [3.63, 3.8) is 0 Å². The summed E-state index contributed by atoms with van der Waals surface area (Å²) in [6.07, 6.45) is 4.81. The van der Waals surface area contributed by atoms with E-state index in [0.29, 0.717) is 0 Å². The maximum Gasteiger partial charge on any atom is 0.0443 e. The van der Waals surface area contributed by atoms with Crippen molar-refractivity contribution in [3.8, 4) is 0 Å². The Morgan fingerprint density at radius 2 is 2.05 bits per heavy atom. The van der Waals surface area contributed by atoms with Crippen molar-refractivity contribution >= 4 is 5.69 Å². The highest BCUT2D eigenvalue weighted by molar-refractivity contribution is 5.53. The second kappa shape index (κ2) is 5.49. The lowest BCUT2D eigenvalue weighted by atomic mass is 10.1. The Kier molecular flexibility index (Phi) is 4.14. The topological polar surface area (TPSA) is 28.2 Å². The first-order valence-electron chi connectivity index (χ1n) is 7.27. The van der Waals surface area contributed by atoms with Crippen LogP contribution in [0, 0.1) is 12.8 Å². The maximum atomic E-state index is 4.45.